The normalized spacial score (nSPS) is 27.9. The lowest BCUT2D eigenvalue weighted by Crippen LogP contribution is -2.44. The second-order valence-electron chi connectivity index (χ2n) is 7.25. The highest BCUT2D eigenvalue weighted by Gasteiger charge is 2.43. The van der Waals surface area contributed by atoms with Gasteiger partial charge in [0, 0.05) is 6.61 Å². The largest absolute Gasteiger partial charge is 0.396 e. The number of hydrogen-bond donors (Lipinski definition) is 7. The molecule has 0 amide bonds. The van der Waals surface area contributed by atoms with Gasteiger partial charge in [0.25, 0.3) is 0 Å². The fourth-order valence-electron chi connectivity index (χ4n) is 3.49. The van der Waals surface area contributed by atoms with Crippen LogP contribution < -0.4 is 5.32 Å². The molecule has 0 unspecified atom stereocenters. The molecule has 7 nitrogen and oxygen atoms in total. The summed E-state index contributed by atoms with van der Waals surface area (Å²) in [7, 11) is 0. The van der Waals surface area contributed by atoms with Crippen LogP contribution in [-0.2, 0) is 0 Å². The number of aliphatic hydroxyl groups is 6. The Morgan fingerprint density at radius 3 is 1.81 bits per heavy atom. The highest BCUT2D eigenvalue weighted by Crippen LogP contribution is 2.20. The van der Waals surface area contributed by atoms with E-state index in [9.17, 15) is 20.4 Å². The molecule has 1 fully saturated rings. The first-order valence-electron chi connectivity index (χ1n) is 9.71. The highest BCUT2D eigenvalue weighted by atomic mass is 35.5. The van der Waals surface area contributed by atoms with Crippen molar-refractivity contribution in [2.45, 2.75) is 101 Å². The average Bonchev–Trinajstić information content (AvgIpc) is 2.90. The van der Waals surface area contributed by atoms with Gasteiger partial charge in [-0.3, -0.25) is 0 Å². The van der Waals surface area contributed by atoms with Crippen LogP contribution in [0.25, 0.3) is 0 Å². The minimum atomic E-state index is -1.05. The van der Waals surface area contributed by atoms with Crippen LogP contribution in [0.5, 0.6) is 0 Å². The minimum absolute atomic E-state index is 0. The molecule has 1 saturated heterocycles. The van der Waals surface area contributed by atoms with E-state index in [1.165, 1.54) is 0 Å². The molecule has 0 aromatic heterocycles. The van der Waals surface area contributed by atoms with Crippen molar-refractivity contribution in [3.05, 3.63) is 0 Å². The van der Waals surface area contributed by atoms with Gasteiger partial charge in [0.15, 0.2) is 0 Å². The van der Waals surface area contributed by atoms with Crippen molar-refractivity contribution >= 4 is 12.4 Å². The lowest BCUT2D eigenvalue weighted by Gasteiger charge is -2.22. The lowest BCUT2D eigenvalue weighted by molar-refractivity contribution is -0.00443. The molecule has 1 aliphatic heterocycles. The Kier molecular flexibility index (Phi) is 15.0. The third-order valence-electron chi connectivity index (χ3n) is 5.13. The number of halogens is 1. The molecule has 1 rings (SSSR count). The Morgan fingerprint density at radius 2 is 1.27 bits per heavy atom. The summed E-state index contributed by atoms with van der Waals surface area (Å²) in [6.07, 6.45) is 5.63. The maximum Gasteiger partial charge on any atom is 0.0993 e. The van der Waals surface area contributed by atoms with Gasteiger partial charge in [0.2, 0.25) is 0 Å². The predicted octanol–water partition coefficient (Wildman–Crippen LogP) is 0.0778. The van der Waals surface area contributed by atoms with Gasteiger partial charge in [-0.05, 0) is 25.7 Å². The molecule has 0 aromatic rings. The number of unbranched alkanes of at least 4 members (excludes halogenated alkanes) is 5. The van der Waals surface area contributed by atoms with Gasteiger partial charge in [0.1, 0.15) is 0 Å². The maximum absolute atomic E-state index is 10.2. The summed E-state index contributed by atoms with van der Waals surface area (Å²) in [5, 5.41) is 60.2. The van der Waals surface area contributed by atoms with Crippen molar-refractivity contribution in [2.24, 2.45) is 0 Å². The first-order valence-corrected chi connectivity index (χ1v) is 9.71. The topological polar surface area (TPSA) is 133 Å². The molecule has 26 heavy (non-hydrogen) atoms. The molecule has 0 radical (unpaired) electrons. The number of aliphatic hydroxyl groups excluding tert-OH is 6. The Balaban J connectivity index is 0.00000625. The molecule has 1 heterocycles. The fraction of sp³-hybridized carbons (Fsp3) is 1.00. The van der Waals surface area contributed by atoms with Crippen molar-refractivity contribution in [2.75, 3.05) is 13.2 Å². The summed E-state index contributed by atoms with van der Waals surface area (Å²) in [5.41, 5.74) is 0. The molecule has 0 aliphatic carbocycles. The second-order valence-corrected chi connectivity index (χ2v) is 7.25. The van der Waals surface area contributed by atoms with Crippen LogP contribution in [0.15, 0.2) is 0 Å². The predicted molar refractivity (Wildman–Crippen MR) is 102 cm³/mol. The molecule has 158 valence electrons. The second kappa shape index (κ2) is 15.0. The van der Waals surface area contributed by atoms with Crippen LogP contribution in [-0.4, -0.2) is 80.4 Å². The standard InChI is InChI=1S/C18H37NO6.ClH/c20-11-7-9-13(22)8-5-3-1-2-4-6-10-15(23)16-18(25)17(24)14(12-21)19-16;/h13-25H,1-12H2;1H/t13-,14-,15+,16-,17-,18-;/m1./s1. The number of nitrogens with one attached hydrogen (secondary N) is 1. The summed E-state index contributed by atoms with van der Waals surface area (Å²) in [6.45, 7) is -0.133. The summed E-state index contributed by atoms with van der Waals surface area (Å²) in [6, 6.07) is -1.17. The van der Waals surface area contributed by atoms with Crippen LogP contribution in [0.1, 0.15) is 64.2 Å². The average molecular weight is 400 g/mol. The Labute approximate surface area is 162 Å². The summed E-state index contributed by atoms with van der Waals surface area (Å²) in [4.78, 5) is 0. The van der Waals surface area contributed by atoms with Gasteiger partial charge in [-0.1, -0.05) is 38.5 Å². The zero-order valence-corrected chi connectivity index (χ0v) is 16.4. The third-order valence-corrected chi connectivity index (χ3v) is 5.13. The highest BCUT2D eigenvalue weighted by molar-refractivity contribution is 5.85. The fourth-order valence-corrected chi connectivity index (χ4v) is 3.49. The summed E-state index contributed by atoms with van der Waals surface area (Å²) >= 11 is 0. The van der Waals surface area contributed by atoms with Gasteiger partial charge in [-0.2, -0.15) is 0 Å². The lowest BCUT2D eigenvalue weighted by atomic mass is 9.98. The van der Waals surface area contributed by atoms with Crippen LogP contribution in [0.2, 0.25) is 0 Å². The molecule has 6 atom stereocenters. The molecule has 0 spiro atoms. The number of hydrogen-bond acceptors (Lipinski definition) is 7. The van der Waals surface area contributed by atoms with Gasteiger partial charge >= 0.3 is 0 Å². The summed E-state index contributed by atoms with van der Waals surface area (Å²) < 4.78 is 0. The van der Waals surface area contributed by atoms with E-state index in [1.807, 2.05) is 0 Å². The van der Waals surface area contributed by atoms with Gasteiger partial charge in [0.05, 0.1) is 43.1 Å². The first-order chi connectivity index (χ1) is 12.0. The zero-order chi connectivity index (χ0) is 18.7. The van der Waals surface area contributed by atoms with Crippen LogP contribution in [0, 0.1) is 0 Å². The first kappa shape index (κ1) is 26.0. The molecular formula is C18H38ClNO6. The van der Waals surface area contributed by atoms with E-state index in [2.05, 4.69) is 5.32 Å². The van der Waals surface area contributed by atoms with E-state index < -0.39 is 30.4 Å². The zero-order valence-electron chi connectivity index (χ0n) is 15.5. The Hall–Kier alpha value is 0.01000. The van der Waals surface area contributed by atoms with Crippen LogP contribution in [0.4, 0.5) is 0 Å². The Morgan fingerprint density at radius 1 is 0.731 bits per heavy atom. The monoisotopic (exact) mass is 399 g/mol. The minimum Gasteiger partial charge on any atom is -0.396 e. The van der Waals surface area contributed by atoms with Gasteiger partial charge in [-0.25, -0.2) is 0 Å². The molecule has 1 aliphatic rings. The van der Waals surface area contributed by atoms with E-state index in [4.69, 9.17) is 10.2 Å². The SMILES string of the molecule is Cl.OCCC[C@H](O)CCCCCCCC[C@H](O)[C@H]1N[C@H](CO)[C@@H](O)[C@@H]1O. The van der Waals surface area contributed by atoms with E-state index in [0.717, 1.165) is 44.9 Å². The maximum atomic E-state index is 10.2. The van der Waals surface area contributed by atoms with Crippen molar-refractivity contribution in [1.82, 2.24) is 5.32 Å². The third kappa shape index (κ3) is 9.28. The number of rotatable bonds is 14. The Bertz CT molecular complexity index is 339. The molecule has 7 N–H and O–H groups in total. The van der Waals surface area contributed by atoms with E-state index >= 15 is 0 Å². The smallest absolute Gasteiger partial charge is 0.0993 e. The van der Waals surface area contributed by atoms with E-state index in [0.29, 0.717) is 19.3 Å². The van der Waals surface area contributed by atoms with Crippen LogP contribution in [0.3, 0.4) is 0 Å². The molecule has 0 bridgehead atoms. The quantitative estimate of drug-likeness (QED) is 0.206. The van der Waals surface area contributed by atoms with Gasteiger partial charge < -0.3 is 36.0 Å². The molecule has 8 heteroatoms. The van der Waals surface area contributed by atoms with Crippen molar-refractivity contribution in [3.8, 4) is 0 Å². The van der Waals surface area contributed by atoms with E-state index in [-0.39, 0.29) is 31.7 Å². The van der Waals surface area contributed by atoms with E-state index in [1.54, 1.807) is 0 Å². The van der Waals surface area contributed by atoms with Crippen molar-refractivity contribution < 1.29 is 30.6 Å². The summed E-state index contributed by atoms with van der Waals surface area (Å²) in [5.74, 6) is 0. The van der Waals surface area contributed by atoms with Gasteiger partial charge in [-0.15, -0.1) is 12.4 Å². The molecule has 0 saturated carbocycles. The van der Waals surface area contributed by atoms with Crippen molar-refractivity contribution in [1.29, 1.82) is 0 Å². The van der Waals surface area contributed by atoms with Crippen LogP contribution >= 0.6 is 12.4 Å². The molecular weight excluding hydrogens is 362 g/mol. The molecule has 0 aromatic carbocycles. The van der Waals surface area contributed by atoms with Crippen molar-refractivity contribution in [3.63, 3.8) is 0 Å².